The number of nitrogens with zero attached hydrogens (tertiary/aromatic N) is 1. The largest absolute Gasteiger partial charge is 0.488 e. The zero-order chi connectivity index (χ0) is 34.5. The van der Waals surface area contributed by atoms with Crippen molar-refractivity contribution in [1.82, 2.24) is 4.90 Å². The SMILES string of the molecule is COC1(C)CC(OC2C(C)C(=O)OC(C)C(=O)C(C)C3=C(C)CC(C)(O3)C(OC3OC(C)CC(N(C)C)C3O)C2C)OC(C)C1O. The van der Waals surface area contributed by atoms with Gasteiger partial charge in [0, 0.05) is 31.9 Å². The highest BCUT2D eigenvalue weighted by Gasteiger charge is 2.55. The molecule has 12 nitrogen and oxygen atoms in total. The highest BCUT2D eigenvalue weighted by molar-refractivity contribution is 5.89. The molecule has 264 valence electrons. The third-order valence-corrected chi connectivity index (χ3v) is 10.7. The summed E-state index contributed by atoms with van der Waals surface area (Å²) in [6.07, 6.45) is -5.89. The van der Waals surface area contributed by atoms with E-state index in [4.69, 9.17) is 33.2 Å². The van der Waals surface area contributed by atoms with Crippen LogP contribution in [0.15, 0.2) is 11.3 Å². The molecule has 0 aromatic rings. The molecule has 0 aromatic carbocycles. The van der Waals surface area contributed by atoms with Crippen LogP contribution < -0.4 is 0 Å². The van der Waals surface area contributed by atoms with Gasteiger partial charge in [-0.2, -0.15) is 0 Å². The van der Waals surface area contributed by atoms with Gasteiger partial charge in [-0.05, 0) is 81.5 Å². The lowest BCUT2D eigenvalue weighted by molar-refractivity contribution is -0.317. The van der Waals surface area contributed by atoms with Crippen molar-refractivity contribution in [3.05, 3.63) is 11.3 Å². The van der Waals surface area contributed by atoms with Crippen LogP contribution in [-0.4, -0.2) is 121 Å². The van der Waals surface area contributed by atoms with E-state index in [0.29, 0.717) is 18.6 Å². The number of aliphatic hydroxyl groups is 2. The van der Waals surface area contributed by atoms with Crippen LogP contribution in [0, 0.1) is 17.8 Å². The van der Waals surface area contributed by atoms with Crippen LogP contribution >= 0.6 is 0 Å². The zero-order valence-electron chi connectivity index (χ0n) is 29.6. The van der Waals surface area contributed by atoms with Gasteiger partial charge in [0.1, 0.15) is 29.7 Å². The Bertz CT molecular complexity index is 1150. The molecular formula is C34H57NO11. The van der Waals surface area contributed by atoms with Crippen LogP contribution in [0.3, 0.4) is 0 Å². The molecule has 4 aliphatic heterocycles. The van der Waals surface area contributed by atoms with E-state index in [-0.39, 0.29) is 24.3 Å². The number of hydrogen-bond acceptors (Lipinski definition) is 12. The molecule has 15 unspecified atom stereocenters. The number of carbonyl (C=O) groups excluding carboxylic acids is 2. The topological polar surface area (TPSA) is 142 Å². The van der Waals surface area contributed by atoms with Gasteiger partial charge >= 0.3 is 5.97 Å². The minimum Gasteiger partial charge on any atom is -0.488 e. The second kappa shape index (κ2) is 14.1. The minimum absolute atomic E-state index is 0.189. The van der Waals surface area contributed by atoms with Crippen molar-refractivity contribution in [2.45, 2.75) is 154 Å². The molecule has 0 spiro atoms. The van der Waals surface area contributed by atoms with Gasteiger partial charge in [-0.25, -0.2) is 0 Å². The number of likely N-dealkylation sites (N-methyl/N-ethyl adjacent to an activating group) is 1. The number of ketones is 1. The smallest absolute Gasteiger partial charge is 0.312 e. The number of ether oxygens (including phenoxy) is 7. The first-order valence-corrected chi connectivity index (χ1v) is 16.7. The molecule has 0 aliphatic carbocycles. The lowest BCUT2D eigenvalue weighted by atomic mass is 9.79. The van der Waals surface area contributed by atoms with E-state index in [0.717, 1.165) is 5.57 Å². The Labute approximate surface area is 274 Å². The Morgan fingerprint density at radius 2 is 1.63 bits per heavy atom. The molecule has 2 N–H and O–H groups in total. The van der Waals surface area contributed by atoms with Crippen LogP contribution in [0.4, 0.5) is 0 Å². The summed E-state index contributed by atoms with van der Waals surface area (Å²) in [5.74, 6) is -2.40. The first-order valence-electron chi connectivity index (χ1n) is 16.7. The predicted molar refractivity (Wildman–Crippen MR) is 167 cm³/mol. The minimum atomic E-state index is -1.00. The van der Waals surface area contributed by atoms with Gasteiger partial charge in [0.05, 0.1) is 35.7 Å². The van der Waals surface area contributed by atoms with Crippen molar-refractivity contribution in [2.75, 3.05) is 21.2 Å². The number of hydrogen-bond donors (Lipinski definition) is 2. The van der Waals surface area contributed by atoms with Crippen LogP contribution in [-0.2, 0) is 42.7 Å². The molecule has 4 aliphatic rings. The van der Waals surface area contributed by atoms with Crippen molar-refractivity contribution in [1.29, 1.82) is 0 Å². The van der Waals surface area contributed by atoms with Crippen molar-refractivity contribution in [3.8, 4) is 0 Å². The lowest BCUT2D eigenvalue weighted by Gasteiger charge is -2.48. The molecule has 0 aromatic heterocycles. The quantitative estimate of drug-likeness (QED) is 0.406. The number of allylic oxidation sites excluding steroid dienone is 1. The molecule has 3 fully saturated rings. The lowest BCUT2D eigenvalue weighted by Crippen LogP contribution is -2.60. The van der Waals surface area contributed by atoms with Gasteiger partial charge in [-0.1, -0.05) is 6.92 Å². The summed E-state index contributed by atoms with van der Waals surface area (Å²) in [7, 11) is 5.35. The Hall–Kier alpha value is -1.64. The van der Waals surface area contributed by atoms with Crippen molar-refractivity contribution in [2.24, 2.45) is 17.8 Å². The average molecular weight is 656 g/mol. The zero-order valence-corrected chi connectivity index (χ0v) is 29.6. The summed E-state index contributed by atoms with van der Waals surface area (Å²) in [6.45, 7) is 16.3. The van der Waals surface area contributed by atoms with E-state index >= 15 is 0 Å². The summed E-state index contributed by atoms with van der Waals surface area (Å²) in [5.41, 5.74) is -1.07. The van der Waals surface area contributed by atoms with E-state index in [1.54, 1.807) is 34.6 Å². The Morgan fingerprint density at radius 3 is 2.24 bits per heavy atom. The maximum atomic E-state index is 13.7. The molecule has 4 heterocycles. The van der Waals surface area contributed by atoms with Gasteiger partial charge in [-0.15, -0.1) is 0 Å². The molecular weight excluding hydrogens is 598 g/mol. The number of fused-ring (bicyclic) bond motifs is 2. The molecule has 2 bridgehead atoms. The van der Waals surface area contributed by atoms with Crippen molar-refractivity contribution >= 4 is 11.8 Å². The first kappa shape index (κ1) is 37.2. The molecule has 4 rings (SSSR count). The second-order valence-corrected chi connectivity index (χ2v) is 14.8. The van der Waals surface area contributed by atoms with Crippen LogP contribution in [0.2, 0.25) is 0 Å². The Kier molecular flexibility index (Phi) is 11.4. The molecule has 12 heteroatoms. The standard InChI is InChI=1S/C34H57NO11/c1-16-14-34(9)30(45-32-26(37)23(35(10)11)13-17(2)41-32)19(4)28(44-24-15-33(8,40-12)29(38)22(7)42-24)20(5)31(39)43-21(6)25(36)18(3)27(16)46-34/h17-24,26,28-30,32,37-38H,13-15H2,1-12H3. The molecule has 0 amide bonds. The Morgan fingerprint density at radius 1 is 0.978 bits per heavy atom. The van der Waals surface area contributed by atoms with Crippen molar-refractivity contribution < 1.29 is 53.0 Å². The van der Waals surface area contributed by atoms with Gasteiger partial charge in [-0.3, -0.25) is 9.59 Å². The third-order valence-electron chi connectivity index (χ3n) is 10.7. The Balaban J connectivity index is 1.78. The van der Waals surface area contributed by atoms with E-state index in [9.17, 15) is 19.8 Å². The number of aliphatic hydroxyl groups excluding tert-OH is 2. The highest BCUT2D eigenvalue weighted by atomic mass is 16.7. The fourth-order valence-corrected chi connectivity index (χ4v) is 7.82. The normalized spacial score (nSPS) is 47.7. The van der Waals surface area contributed by atoms with Crippen LogP contribution in [0.25, 0.3) is 0 Å². The molecule has 3 saturated heterocycles. The van der Waals surface area contributed by atoms with Gasteiger partial charge in [0.2, 0.25) is 0 Å². The number of esters is 1. The predicted octanol–water partition coefficient (Wildman–Crippen LogP) is 2.96. The second-order valence-electron chi connectivity index (χ2n) is 14.8. The maximum Gasteiger partial charge on any atom is 0.312 e. The van der Waals surface area contributed by atoms with E-state index in [1.807, 2.05) is 46.7 Å². The summed E-state index contributed by atoms with van der Waals surface area (Å²) in [4.78, 5) is 29.2. The van der Waals surface area contributed by atoms with Crippen molar-refractivity contribution in [3.63, 3.8) is 0 Å². The number of methoxy groups -OCH3 is 1. The molecule has 46 heavy (non-hydrogen) atoms. The number of Topliss-reactive ketones (excluding diaryl/α,β-unsaturated/α-hetero) is 1. The molecule has 0 radical (unpaired) electrons. The van der Waals surface area contributed by atoms with Gasteiger partial charge in [0.15, 0.2) is 24.5 Å². The summed E-state index contributed by atoms with van der Waals surface area (Å²) < 4.78 is 44.0. The number of cyclic esters (lactones) is 1. The van der Waals surface area contributed by atoms with Gasteiger partial charge in [0.25, 0.3) is 0 Å². The fourth-order valence-electron chi connectivity index (χ4n) is 7.82. The monoisotopic (exact) mass is 655 g/mol. The van der Waals surface area contributed by atoms with E-state index < -0.39 is 84.1 Å². The first-order chi connectivity index (χ1) is 21.3. The fraction of sp³-hybridized carbons (Fsp3) is 0.882. The highest BCUT2D eigenvalue weighted by Crippen LogP contribution is 2.46. The van der Waals surface area contributed by atoms with Gasteiger partial charge < -0.3 is 48.3 Å². The average Bonchev–Trinajstić information content (AvgIpc) is 3.30. The number of carbonyl (C=O) groups is 2. The summed E-state index contributed by atoms with van der Waals surface area (Å²) >= 11 is 0. The van der Waals surface area contributed by atoms with E-state index in [2.05, 4.69) is 0 Å². The summed E-state index contributed by atoms with van der Waals surface area (Å²) in [5, 5.41) is 22.3. The molecule has 0 saturated carbocycles. The third kappa shape index (κ3) is 7.19. The molecule has 15 atom stereocenters. The summed E-state index contributed by atoms with van der Waals surface area (Å²) in [6, 6.07) is -0.210. The maximum absolute atomic E-state index is 13.7. The van der Waals surface area contributed by atoms with Crippen LogP contribution in [0.5, 0.6) is 0 Å². The van der Waals surface area contributed by atoms with Crippen LogP contribution in [0.1, 0.15) is 81.6 Å². The van der Waals surface area contributed by atoms with E-state index in [1.165, 1.54) is 7.11 Å². The number of rotatable bonds is 6.